The van der Waals surface area contributed by atoms with Crippen LogP contribution in [-0.4, -0.2) is 18.6 Å². The van der Waals surface area contributed by atoms with Crippen LogP contribution in [0.15, 0.2) is 6.26 Å². The molecule has 0 aromatic carbocycles. The van der Waals surface area contributed by atoms with Crippen molar-refractivity contribution >= 4 is 0 Å². The highest BCUT2D eigenvalue weighted by molar-refractivity contribution is 4.67. The lowest BCUT2D eigenvalue weighted by atomic mass is 10.6. The van der Waals surface area contributed by atoms with Crippen molar-refractivity contribution in [3.8, 4) is 0 Å². The molecule has 39 valence electrons. The van der Waals surface area contributed by atoms with E-state index in [9.17, 15) is 0 Å². The fraction of sp³-hybridized carbons (Fsp3) is 0.500. The van der Waals surface area contributed by atoms with E-state index in [4.69, 9.17) is 0 Å². The number of hydrazine groups is 1. The van der Waals surface area contributed by atoms with Gasteiger partial charge in [0.05, 0.1) is 0 Å². The third kappa shape index (κ3) is 1.17. The number of nitrogens with zero attached hydrogens (tertiary/aromatic N) is 1. The van der Waals surface area contributed by atoms with Crippen molar-refractivity contribution in [3.05, 3.63) is 12.3 Å². The van der Waals surface area contributed by atoms with E-state index in [2.05, 4.69) is 16.5 Å². The fourth-order valence-corrected chi connectivity index (χ4v) is 0.364. The van der Waals surface area contributed by atoms with Gasteiger partial charge in [0.2, 0.25) is 0 Å². The van der Waals surface area contributed by atoms with Crippen LogP contribution in [0.1, 0.15) is 0 Å². The standard InChI is InChI=1S/C4H7N2O/c1-6-3-2-4-7-5-6/h4-5H,3H2,1H3. The Kier molecular flexibility index (Phi) is 1.29. The average molecular weight is 99.1 g/mol. The largest absolute Gasteiger partial charge is 0.401 e. The van der Waals surface area contributed by atoms with Crippen LogP contribution < -0.4 is 5.59 Å². The molecule has 1 aliphatic rings. The Balaban J connectivity index is 2.32. The topological polar surface area (TPSA) is 24.5 Å². The van der Waals surface area contributed by atoms with Gasteiger partial charge in [-0.25, -0.2) is 5.01 Å². The van der Waals surface area contributed by atoms with Crippen LogP contribution in [0.5, 0.6) is 0 Å². The van der Waals surface area contributed by atoms with E-state index in [-0.39, 0.29) is 0 Å². The molecule has 1 radical (unpaired) electrons. The van der Waals surface area contributed by atoms with Crippen molar-refractivity contribution in [1.82, 2.24) is 10.6 Å². The quantitative estimate of drug-likeness (QED) is 0.450. The molecule has 1 N–H and O–H groups in total. The Bertz CT molecular complexity index is 81.8. The van der Waals surface area contributed by atoms with E-state index in [1.165, 1.54) is 6.26 Å². The van der Waals surface area contributed by atoms with Gasteiger partial charge in [0.25, 0.3) is 0 Å². The second kappa shape index (κ2) is 1.95. The zero-order chi connectivity index (χ0) is 5.11. The first kappa shape index (κ1) is 4.61. The molecular formula is C4H7N2O. The van der Waals surface area contributed by atoms with Gasteiger partial charge in [0.1, 0.15) is 6.26 Å². The van der Waals surface area contributed by atoms with Crippen molar-refractivity contribution in [2.45, 2.75) is 0 Å². The summed E-state index contributed by atoms with van der Waals surface area (Å²) in [7, 11) is 1.88. The Morgan fingerprint density at radius 3 is 3.14 bits per heavy atom. The molecule has 0 unspecified atom stereocenters. The predicted octanol–water partition coefficient (Wildman–Crippen LogP) is -0.315. The number of rotatable bonds is 0. The van der Waals surface area contributed by atoms with Crippen LogP contribution in [0.4, 0.5) is 0 Å². The van der Waals surface area contributed by atoms with Crippen LogP contribution in [0.25, 0.3) is 0 Å². The van der Waals surface area contributed by atoms with Gasteiger partial charge in [0, 0.05) is 19.7 Å². The van der Waals surface area contributed by atoms with Crippen LogP contribution in [0.2, 0.25) is 0 Å². The summed E-state index contributed by atoms with van der Waals surface area (Å²) in [4.78, 5) is 4.62. The minimum atomic E-state index is 0.778. The highest BCUT2D eigenvalue weighted by atomic mass is 16.7. The van der Waals surface area contributed by atoms with Gasteiger partial charge in [-0.05, 0) is 0 Å². The third-order valence-electron chi connectivity index (χ3n) is 0.679. The summed E-state index contributed by atoms with van der Waals surface area (Å²) >= 11 is 0. The monoisotopic (exact) mass is 99.1 g/mol. The van der Waals surface area contributed by atoms with Gasteiger partial charge in [-0.15, -0.1) is 0 Å². The van der Waals surface area contributed by atoms with Crippen molar-refractivity contribution in [2.24, 2.45) is 0 Å². The number of likely N-dealkylation sites (N-methyl/N-ethyl adjacent to an activating group) is 1. The van der Waals surface area contributed by atoms with Gasteiger partial charge in [-0.3, -0.25) is 0 Å². The van der Waals surface area contributed by atoms with Crippen LogP contribution in [-0.2, 0) is 4.84 Å². The molecule has 1 aliphatic heterocycles. The lowest BCUT2D eigenvalue weighted by Crippen LogP contribution is -2.35. The molecule has 0 aromatic heterocycles. The minimum absolute atomic E-state index is 0.778. The van der Waals surface area contributed by atoms with E-state index in [1.807, 2.05) is 7.05 Å². The molecule has 0 saturated carbocycles. The maximum Gasteiger partial charge on any atom is 0.118 e. The normalized spacial score (nSPS) is 21.9. The van der Waals surface area contributed by atoms with Crippen molar-refractivity contribution in [2.75, 3.05) is 13.6 Å². The molecule has 0 bridgehead atoms. The van der Waals surface area contributed by atoms with Gasteiger partial charge in [-0.1, -0.05) is 5.59 Å². The average Bonchev–Trinajstić information content (AvgIpc) is 1.69. The summed E-state index contributed by atoms with van der Waals surface area (Å²) in [5.74, 6) is 0. The molecule has 0 aromatic rings. The van der Waals surface area contributed by atoms with Crippen LogP contribution in [0, 0.1) is 6.08 Å². The Morgan fingerprint density at radius 2 is 2.86 bits per heavy atom. The predicted molar refractivity (Wildman–Crippen MR) is 24.7 cm³/mol. The van der Waals surface area contributed by atoms with E-state index >= 15 is 0 Å². The van der Waals surface area contributed by atoms with E-state index in [0.29, 0.717) is 0 Å². The summed E-state index contributed by atoms with van der Waals surface area (Å²) in [5.41, 5.74) is 2.60. The molecule has 1 rings (SSSR count). The molecule has 0 spiro atoms. The fourth-order valence-electron chi connectivity index (χ4n) is 0.364. The van der Waals surface area contributed by atoms with Crippen molar-refractivity contribution < 1.29 is 4.84 Å². The second-order valence-electron chi connectivity index (χ2n) is 1.39. The minimum Gasteiger partial charge on any atom is -0.401 e. The van der Waals surface area contributed by atoms with E-state index < -0.39 is 0 Å². The lowest BCUT2D eigenvalue weighted by molar-refractivity contribution is -0.0251. The molecule has 0 aliphatic carbocycles. The van der Waals surface area contributed by atoms with Crippen LogP contribution in [0.3, 0.4) is 0 Å². The van der Waals surface area contributed by atoms with Crippen molar-refractivity contribution in [1.29, 1.82) is 0 Å². The van der Waals surface area contributed by atoms with Crippen molar-refractivity contribution in [3.63, 3.8) is 0 Å². The SMILES string of the molecule is CN1C[C]=CON1. The lowest BCUT2D eigenvalue weighted by Gasteiger charge is -2.16. The summed E-state index contributed by atoms with van der Waals surface area (Å²) in [5, 5.41) is 1.78. The second-order valence-corrected chi connectivity index (χ2v) is 1.39. The molecular weight excluding hydrogens is 92.1 g/mol. The Hall–Kier alpha value is -0.540. The summed E-state index contributed by atoms with van der Waals surface area (Å²) < 4.78 is 0. The summed E-state index contributed by atoms with van der Waals surface area (Å²) in [6.07, 6.45) is 4.35. The highest BCUT2D eigenvalue weighted by Gasteiger charge is 1.95. The van der Waals surface area contributed by atoms with Gasteiger partial charge in [-0.2, -0.15) is 0 Å². The zero-order valence-electron chi connectivity index (χ0n) is 4.14. The highest BCUT2D eigenvalue weighted by Crippen LogP contribution is 1.83. The van der Waals surface area contributed by atoms with E-state index in [1.54, 1.807) is 5.01 Å². The van der Waals surface area contributed by atoms with Gasteiger partial charge >= 0.3 is 0 Å². The molecule has 0 saturated heterocycles. The molecule has 0 atom stereocenters. The smallest absolute Gasteiger partial charge is 0.118 e. The molecule has 3 heteroatoms. The molecule has 7 heavy (non-hydrogen) atoms. The Labute approximate surface area is 42.5 Å². The molecule has 3 nitrogen and oxygen atoms in total. The first-order valence-corrected chi connectivity index (χ1v) is 2.07. The first-order chi connectivity index (χ1) is 3.39. The number of hydrogen-bond acceptors (Lipinski definition) is 3. The summed E-state index contributed by atoms with van der Waals surface area (Å²) in [6.45, 7) is 0.778. The number of nitrogens with one attached hydrogen (secondary N) is 1. The Morgan fingerprint density at radius 1 is 2.00 bits per heavy atom. The number of hydrogen-bond donors (Lipinski definition) is 1. The molecule has 0 fully saturated rings. The van der Waals surface area contributed by atoms with E-state index in [0.717, 1.165) is 6.54 Å². The van der Waals surface area contributed by atoms with Gasteiger partial charge in [0.15, 0.2) is 0 Å². The first-order valence-electron chi connectivity index (χ1n) is 2.07. The maximum atomic E-state index is 4.62. The molecule has 1 heterocycles. The third-order valence-corrected chi connectivity index (χ3v) is 0.679. The van der Waals surface area contributed by atoms with Crippen LogP contribution >= 0.6 is 0 Å². The molecule has 0 amide bonds. The maximum absolute atomic E-state index is 4.62. The zero-order valence-corrected chi connectivity index (χ0v) is 4.14. The summed E-state index contributed by atoms with van der Waals surface area (Å²) in [6, 6.07) is 0. The van der Waals surface area contributed by atoms with Gasteiger partial charge < -0.3 is 4.84 Å².